The molecule has 0 N–H and O–H groups in total. The van der Waals surface area contributed by atoms with Gasteiger partial charge in [-0.05, 0) is 29.2 Å². The number of carbonyl (C=O) groups is 1. The lowest BCUT2D eigenvalue weighted by atomic mass is 10.2. The first-order chi connectivity index (χ1) is 8.66. The molecule has 18 heavy (non-hydrogen) atoms. The zero-order chi connectivity index (χ0) is 13.0. The average molecular weight is 269 g/mol. The molecule has 2 heterocycles. The SMILES string of the molecule is CC(C)Cn1nnnc1SCC(=O)N1CCCC1. The second-order valence-electron chi connectivity index (χ2n) is 4.91. The molecule has 1 aromatic rings. The minimum Gasteiger partial charge on any atom is -0.342 e. The number of aromatic nitrogens is 4. The second-order valence-corrected chi connectivity index (χ2v) is 5.86. The van der Waals surface area contributed by atoms with Crippen LogP contribution in [0.2, 0.25) is 0 Å². The topological polar surface area (TPSA) is 63.9 Å². The van der Waals surface area contributed by atoms with Gasteiger partial charge in [-0.3, -0.25) is 4.79 Å². The molecule has 0 bridgehead atoms. The van der Waals surface area contributed by atoms with Crippen LogP contribution in [0.5, 0.6) is 0 Å². The van der Waals surface area contributed by atoms with Crippen LogP contribution in [-0.2, 0) is 11.3 Å². The molecule has 2 rings (SSSR count). The van der Waals surface area contributed by atoms with Crippen molar-refractivity contribution < 1.29 is 4.79 Å². The Labute approximate surface area is 111 Å². The summed E-state index contributed by atoms with van der Waals surface area (Å²) in [5, 5.41) is 12.3. The largest absolute Gasteiger partial charge is 0.342 e. The van der Waals surface area contributed by atoms with E-state index in [1.807, 2.05) is 4.90 Å². The third-order valence-corrected chi connectivity index (χ3v) is 3.76. The van der Waals surface area contributed by atoms with Crippen LogP contribution in [0.15, 0.2) is 5.16 Å². The lowest BCUT2D eigenvalue weighted by molar-refractivity contribution is -0.127. The van der Waals surface area contributed by atoms with E-state index < -0.39 is 0 Å². The van der Waals surface area contributed by atoms with Crippen LogP contribution in [0.1, 0.15) is 26.7 Å². The molecule has 0 atom stereocenters. The number of carbonyl (C=O) groups excluding carboxylic acids is 1. The predicted molar refractivity (Wildman–Crippen MR) is 69.2 cm³/mol. The predicted octanol–water partition coefficient (Wildman–Crippen LogP) is 1.04. The molecule has 1 saturated heterocycles. The van der Waals surface area contributed by atoms with E-state index in [0.717, 1.165) is 37.6 Å². The van der Waals surface area contributed by atoms with Crippen molar-refractivity contribution in [3.63, 3.8) is 0 Å². The van der Waals surface area contributed by atoms with Gasteiger partial charge in [0.25, 0.3) is 0 Å². The molecule has 6 nitrogen and oxygen atoms in total. The average Bonchev–Trinajstić information content (AvgIpc) is 2.95. The molecule has 1 fully saturated rings. The number of hydrogen-bond donors (Lipinski definition) is 0. The van der Waals surface area contributed by atoms with Crippen molar-refractivity contribution in [1.82, 2.24) is 25.1 Å². The summed E-state index contributed by atoms with van der Waals surface area (Å²) in [5.74, 6) is 1.11. The lowest BCUT2D eigenvalue weighted by Crippen LogP contribution is -2.29. The van der Waals surface area contributed by atoms with E-state index in [-0.39, 0.29) is 5.91 Å². The van der Waals surface area contributed by atoms with Crippen LogP contribution in [0.25, 0.3) is 0 Å². The third kappa shape index (κ3) is 3.44. The summed E-state index contributed by atoms with van der Waals surface area (Å²) in [4.78, 5) is 13.8. The van der Waals surface area contributed by atoms with Gasteiger partial charge < -0.3 is 4.90 Å². The Balaban J connectivity index is 1.85. The van der Waals surface area contributed by atoms with Crippen LogP contribution in [0.4, 0.5) is 0 Å². The first-order valence-corrected chi connectivity index (χ1v) is 7.32. The summed E-state index contributed by atoms with van der Waals surface area (Å²) >= 11 is 1.43. The minimum atomic E-state index is 0.191. The molecule has 0 radical (unpaired) electrons. The highest BCUT2D eigenvalue weighted by Gasteiger charge is 2.19. The van der Waals surface area contributed by atoms with Crippen molar-refractivity contribution in [3.05, 3.63) is 0 Å². The Morgan fingerprint density at radius 1 is 1.39 bits per heavy atom. The van der Waals surface area contributed by atoms with Gasteiger partial charge in [-0.25, -0.2) is 4.68 Å². The fourth-order valence-electron chi connectivity index (χ4n) is 1.94. The molecule has 0 aromatic carbocycles. The quantitative estimate of drug-likeness (QED) is 0.747. The fourth-order valence-corrected chi connectivity index (χ4v) is 2.73. The maximum absolute atomic E-state index is 11.9. The monoisotopic (exact) mass is 269 g/mol. The van der Waals surface area contributed by atoms with Crippen LogP contribution in [0.3, 0.4) is 0 Å². The lowest BCUT2D eigenvalue weighted by Gasteiger charge is -2.14. The van der Waals surface area contributed by atoms with E-state index in [1.165, 1.54) is 11.8 Å². The number of amides is 1. The first-order valence-electron chi connectivity index (χ1n) is 6.33. The van der Waals surface area contributed by atoms with Crippen molar-refractivity contribution in [1.29, 1.82) is 0 Å². The Morgan fingerprint density at radius 3 is 2.78 bits per heavy atom. The maximum atomic E-state index is 11.9. The Kier molecular flexibility index (Phi) is 4.57. The van der Waals surface area contributed by atoms with Crippen molar-refractivity contribution in [2.75, 3.05) is 18.8 Å². The van der Waals surface area contributed by atoms with Crippen molar-refractivity contribution in [3.8, 4) is 0 Å². The summed E-state index contributed by atoms with van der Waals surface area (Å²) < 4.78 is 1.77. The standard InChI is InChI=1S/C11H19N5OS/c1-9(2)7-16-11(12-13-14-16)18-8-10(17)15-5-3-4-6-15/h9H,3-8H2,1-2H3. The van der Waals surface area contributed by atoms with Crippen LogP contribution >= 0.6 is 11.8 Å². The zero-order valence-electron chi connectivity index (χ0n) is 10.9. The van der Waals surface area contributed by atoms with Crippen LogP contribution in [0, 0.1) is 5.92 Å². The minimum absolute atomic E-state index is 0.191. The Bertz CT molecular complexity index is 400. The summed E-state index contributed by atoms with van der Waals surface area (Å²) in [6, 6.07) is 0. The van der Waals surface area contributed by atoms with Gasteiger partial charge in [0.05, 0.1) is 5.75 Å². The highest BCUT2D eigenvalue weighted by atomic mass is 32.2. The molecular formula is C11H19N5OS. The Morgan fingerprint density at radius 2 is 2.11 bits per heavy atom. The molecule has 1 aliphatic heterocycles. The highest BCUT2D eigenvalue weighted by molar-refractivity contribution is 7.99. The molecule has 0 aliphatic carbocycles. The van der Waals surface area contributed by atoms with Gasteiger partial charge in [-0.1, -0.05) is 25.6 Å². The molecule has 1 aromatic heterocycles. The molecule has 0 saturated carbocycles. The molecular weight excluding hydrogens is 250 g/mol. The van der Waals surface area contributed by atoms with E-state index >= 15 is 0 Å². The second kappa shape index (κ2) is 6.17. The number of hydrogen-bond acceptors (Lipinski definition) is 5. The normalized spacial score (nSPS) is 15.6. The zero-order valence-corrected chi connectivity index (χ0v) is 11.7. The smallest absolute Gasteiger partial charge is 0.233 e. The summed E-state index contributed by atoms with van der Waals surface area (Å²) in [6.45, 7) is 6.82. The van der Waals surface area contributed by atoms with Crippen molar-refractivity contribution >= 4 is 17.7 Å². The van der Waals surface area contributed by atoms with Crippen molar-refractivity contribution in [2.45, 2.75) is 38.4 Å². The van der Waals surface area contributed by atoms with E-state index in [0.29, 0.717) is 11.7 Å². The summed E-state index contributed by atoms with van der Waals surface area (Å²) in [5.41, 5.74) is 0. The summed E-state index contributed by atoms with van der Waals surface area (Å²) in [6.07, 6.45) is 2.25. The van der Waals surface area contributed by atoms with E-state index in [2.05, 4.69) is 29.4 Å². The summed E-state index contributed by atoms with van der Waals surface area (Å²) in [7, 11) is 0. The van der Waals surface area contributed by atoms with Gasteiger partial charge in [-0.2, -0.15) is 0 Å². The number of thioether (sulfide) groups is 1. The van der Waals surface area contributed by atoms with Gasteiger partial charge in [0, 0.05) is 19.6 Å². The molecule has 7 heteroatoms. The molecule has 1 aliphatic rings. The Hall–Kier alpha value is -1.11. The van der Waals surface area contributed by atoms with Gasteiger partial charge in [0.15, 0.2) is 0 Å². The van der Waals surface area contributed by atoms with Gasteiger partial charge >= 0.3 is 0 Å². The fraction of sp³-hybridized carbons (Fsp3) is 0.818. The van der Waals surface area contributed by atoms with Crippen LogP contribution < -0.4 is 0 Å². The highest BCUT2D eigenvalue weighted by Crippen LogP contribution is 2.17. The van der Waals surface area contributed by atoms with E-state index in [4.69, 9.17) is 0 Å². The number of nitrogens with zero attached hydrogens (tertiary/aromatic N) is 5. The number of tetrazole rings is 1. The maximum Gasteiger partial charge on any atom is 0.233 e. The number of likely N-dealkylation sites (tertiary alicyclic amines) is 1. The van der Waals surface area contributed by atoms with Gasteiger partial charge in [0.1, 0.15) is 0 Å². The van der Waals surface area contributed by atoms with Crippen molar-refractivity contribution in [2.24, 2.45) is 5.92 Å². The first kappa shape index (κ1) is 13.3. The van der Waals surface area contributed by atoms with E-state index in [1.54, 1.807) is 4.68 Å². The molecule has 100 valence electrons. The van der Waals surface area contributed by atoms with E-state index in [9.17, 15) is 4.79 Å². The number of rotatable bonds is 5. The molecule has 1 amide bonds. The van der Waals surface area contributed by atoms with Gasteiger partial charge in [-0.15, -0.1) is 5.10 Å². The van der Waals surface area contributed by atoms with Crippen LogP contribution in [-0.4, -0.2) is 49.9 Å². The van der Waals surface area contributed by atoms with Gasteiger partial charge in [0.2, 0.25) is 11.1 Å². The molecule has 0 unspecified atom stereocenters. The third-order valence-electron chi connectivity index (χ3n) is 2.82. The molecule has 0 spiro atoms.